The van der Waals surface area contributed by atoms with Crippen LogP contribution in [0.5, 0.6) is 0 Å². The number of urea groups is 1. The van der Waals surface area contributed by atoms with Gasteiger partial charge < -0.3 is 10.7 Å². The van der Waals surface area contributed by atoms with Crippen molar-refractivity contribution in [2.75, 3.05) is 0 Å². The van der Waals surface area contributed by atoms with Crippen LogP contribution in [-0.2, 0) is 4.79 Å². The van der Waals surface area contributed by atoms with Crippen LogP contribution in [0.1, 0.15) is 19.4 Å². The number of para-hydroxylation sites is 2. The number of aromatic nitrogens is 4. The van der Waals surface area contributed by atoms with Crippen LogP contribution in [0.4, 0.5) is 4.79 Å². The Bertz CT molecular complexity index is 1290. The van der Waals surface area contributed by atoms with Crippen LogP contribution >= 0.6 is 11.8 Å². The zero-order valence-corrected chi connectivity index (χ0v) is 18.8. The molecule has 0 saturated heterocycles. The summed E-state index contributed by atoms with van der Waals surface area (Å²) in [5, 5.41) is 12.1. The first-order valence-corrected chi connectivity index (χ1v) is 11.1. The molecular weight excluding hydrogens is 424 g/mol. The molecule has 0 fully saturated rings. The predicted molar refractivity (Wildman–Crippen MR) is 126 cm³/mol. The highest BCUT2D eigenvalue weighted by atomic mass is 32.2. The number of primary amides is 1. The summed E-state index contributed by atoms with van der Waals surface area (Å²) in [5.41, 5.74) is 9.03. The molecule has 0 aliphatic carbocycles. The Morgan fingerprint density at radius 3 is 2.53 bits per heavy atom. The van der Waals surface area contributed by atoms with E-state index in [4.69, 9.17) is 5.73 Å². The van der Waals surface area contributed by atoms with Crippen molar-refractivity contribution >= 4 is 34.6 Å². The maximum atomic E-state index is 12.6. The lowest BCUT2D eigenvalue weighted by molar-refractivity contribution is -0.120. The van der Waals surface area contributed by atoms with Gasteiger partial charge in [-0.15, -0.1) is 10.2 Å². The number of carbonyl (C=O) groups is 2. The molecular formula is C23H24N6O2S. The van der Waals surface area contributed by atoms with Gasteiger partial charge >= 0.3 is 6.03 Å². The third kappa shape index (κ3) is 4.11. The fourth-order valence-electron chi connectivity index (χ4n) is 3.61. The van der Waals surface area contributed by atoms with Gasteiger partial charge in [0.25, 0.3) is 0 Å². The van der Waals surface area contributed by atoms with Gasteiger partial charge in [0.05, 0.1) is 10.9 Å². The van der Waals surface area contributed by atoms with Crippen LogP contribution in [0.3, 0.4) is 0 Å². The summed E-state index contributed by atoms with van der Waals surface area (Å²) < 4.78 is 1.96. The highest BCUT2D eigenvalue weighted by Crippen LogP contribution is 2.35. The average Bonchev–Trinajstić information content (AvgIpc) is 3.35. The Kier molecular flexibility index (Phi) is 6.00. The Labute approximate surface area is 189 Å². The Morgan fingerprint density at radius 2 is 1.81 bits per heavy atom. The summed E-state index contributed by atoms with van der Waals surface area (Å²) in [5.74, 6) is 0.139. The summed E-state index contributed by atoms with van der Waals surface area (Å²) >= 11 is 1.26. The summed E-state index contributed by atoms with van der Waals surface area (Å²) in [4.78, 5) is 27.2. The molecule has 0 saturated carbocycles. The van der Waals surface area contributed by atoms with Gasteiger partial charge in [0, 0.05) is 22.7 Å². The van der Waals surface area contributed by atoms with Gasteiger partial charge in [-0.25, -0.2) is 4.79 Å². The Hall–Kier alpha value is -3.59. The summed E-state index contributed by atoms with van der Waals surface area (Å²) in [7, 11) is 0. The second-order valence-electron chi connectivity index (χ2n) is 7.81. The van der Waals surface area contributed by atoms with E-state index in [0.717, 1.165) is 27.7 Å². The van der Waals surface area contributed by atoms with Crippen molar-refractivity contribution in [3.63, 3.8) is 0 Å². The van der Waals surface area contributed by atoms with E-state index in [1.165, 1.54) is 11.8 Å². The SMILES string of the molecule is Cc1ccccc1-n1c(SC(C(=O)NC(N)=O)C(C)C)nnc1-c1c[nH]c2ccccc12. The maximum Gasteiger partial charge on any atom is 0.318 e. The number of rotatable bonds is 6. The fraction of sp³-hybridized carbons (Fsp3) is 0.217. The van der Waals surface area contributed by atoms with Gasteiger partial charge in [0.15, 0.2) is 11.0 Å². The number of H-pyrrole nitrogens is 1. The van der Waals surface area contributed by atoms with Gasteiger partial charge in [-0.05, 0) is 30.5 Å². The number of amides is 3. The third-order valence-electron chi connectivity index (χ3n) is 5.16. The van der Waals surface area contributed by atoms with Gasteiger partial charge in [0.2, 0.25) is 5.91 Å². The van der Waals surface area contributed by atoms with E-state index < -0.39 is 17.2 Å². The van der Waals surface area contributed by atoms with Crippen LogP contribution < -0.4 is 11.1 Å². The normalized spacial score (nSPS) is 12.2. The molecule has 2 aromatic heterocycles. The molecule has 32 heavy (non-hydrogen) atoms. The highest BCUT2D eigenvalue weighted by molar-refractivity contribution is 8.00. The van der Waals surface area contributed by atoms with E-state index in [2.05, 4.69) is 20.5 Å². The molecule has 0 radical (unpaired) electrons. The van der Waals surface area contributed by atoms with Crippen molar-refractivity contribution in [1.29, 1.82) is 0 Å². The van der Waals surface area contributed by atoms with Crippen molar-refractivity contribution in [2.45, 2.75) is 31.2 Å². The minimum absolute atomic E-state index is 0.0714. The number of fused-ring (bicyclic) bond motifs is 1. The molecule has 8 nitrogen and oxygen atoms in total. The number of aryl methyl sites for hydroxylation is 1. The monoisotopic (exact) mass is 448 g/mol. The molecule has 3 amide bonds. The van der Waals surface area contributed by atoms with E-state index in [9.17, 15) is 9.59 Å². The molecule has 0 aliphatic heterocycles. The first kappa shape index (κ1) is 21.6. The second kappa shape index (κ2) is 8.88. The molecule has 0 bridgehead atoms. The first-order valence-electron chi connectivity index (χ1n) is 10.2. The largest absolute Gasteiger partial charge is 0.360 e. The van der Waals surface area contributed by atoms with Crippen LogP contribution in [0, 0.1) is 12.8 Å². The zero-order chi connectivity index (χ0) is 22.8. The number of hydrogen-bond acceptors (Lipinski definition) is 5. The minimum atomic E-state index is -0.874. The summed E-state index contributed by atoms with van der Waals surface area (Å²) in [6, 6.07) is 15.0. The molecule has 9 heteroatoms. The highest BCUT2D eigenvalue weighted by Gasteiger charge is 2.29. The molecule has 164 valence electrons. The number of nitrogens with zero attached hydrogens (tertiary/aromatic N) is 3. The number of benzene rings is 2. The number of aromatic amines is 1. The van der Waals surface area contributed by atoms with E-state index >= 15 is 0 Å². The molecule has 4 aromatic rings. The van der Waals surface area contributed by atoms with Gasteiger partial charge in [-0.1, -0.05) is 62.0 Å². The summed E-state index contributed by atoms with van der Waals surface area (Å²) in [6.07, 6.45) is 1.91. The average molecular weight is 449 g/mol. The minimum Gasteiger partial charge on any atom is -0.360 e. The van der Waals surface area contributed by atoms with Crippen LogP contribution in [0.25, 0.3) is 28.0 Å². The topological polar surface area (TPSA) is 119 Å². The fourth-order valence-corrected chi connectivity index (χ4v) is 4.65. The smallest absolute Gasteiger partial charge is 0.318 e. The molecule has 4 rings (SSSR count). The van der Waals surface area contributed by atoms with Crippen molar-refractivity contribution < 1.29 is 9.59 Å². The third-order valence-corrected chi connectivity index (χ3v) is 6.65. The van der Waals surface area contributed by atoms with Gasteiger partial charge in [-0.2, -0.15) is 0 Å². The standard InChI is InChI=1S/C23H24N6O2S/c1-13(2)19(21(30)26-22(24)31)32-23-28-27-20(29(23)18-11-7-4-8-14(18)3)16-12-25-17-10-6-5-9-15(16)17/h4-13,19,25H,1-3H3,(H3,24,26,30,31). The molecule has 0 spiro atoms. The predicted octanol–water partition coefficient (Wildman–Crippen LogP) is 4.04. The number of nitrogens with two attached hydrogens (primary N) is 1. The maximum absolute atomic E-state index is 12.6. The van der Waals surface area contributed by atoms with E-state index in [1.54, 1.807) is 0 Å². The lowest BCUT2D eigenvalue weighted by Crippen LogP contribution is -2.42. The Morgan fingerprint density at radius 1 is 1.09 bits per heavy atom. The lowest BCUT2D eigenvalue weighted by atomic mass is 10.1. The molecule has 4 N–H and O–H groups in total. The van der Waals surface area contributed by atoms with E-state index in [0.29, 0.717) is 11.0 Å². The molecule has 2 heterocycles. The van der Waals surface area contributed by atoms with E-state index in [1.807, 2.05) is 80.1 Å². The van der Waals surface area contributed by atoms with Gasteiger partial charge in [-0.3, -0.25) is 14.7 Å². The number of nitrogens with one attached hydrogen (secondary N) is 2. The molecule has 0 aliphatic rings. The van der Waals surface area contributed by atoms with Crippen molar-refractivity contribution in [3.05, 3.63) is 60.3 Å². The lowest BCUT2D eigenvalue weighted by Gasteiger charge is -2.19. The number of hydrogen-bond donors (Lipinski definition) is 3. The van der Waals surface area contributed by atoms with Crippen molar-refractivity contribution in [2.24, 2.45) is 11.7 Å². The molecule has 2 aromatic carbocycles. The first-order chi connectivity index (χ1) is 15.4. The number of imide groups is 1. The number of carbonyl (C=O) groups excluding carboxylic acids is 2. The summed E-state index contributed by atoms with van der Waals surface area (Å²) in [6.45, 7) is 5.84. The number of thioether (sulfide) groups is 1. The molecule has 1 atom stereocenters. The van der Waals surface area contributed by atoms with Crippen LogP contribution in [0.15, 0.2) is 59.9 Å². The van der Waals surface area contributed by atoms with E-state index in [-0.39, 0.29) is 5.92 Å². The van der Waals surface area contributed by atoms with Crippen molar-refractivity contribution in [3.8, 4) is 17.1 Å². The van der Waals surface area contributed by atoms with Crippen LogP contribution in [0.2, 0.25) is 0 Å². The zero-order valence-electron chi connectivity index (χ0n) is 18.0. The van der Waals surface area contributed by atoms with Gasteiger partial charge in [0.1, 0.15) is 0 Å². The molecule has 1 unspecified atom stereocenters. The second-order valence-corrected chi connectivity index (χ2v) is 8.92. The van der Waals surface area contributed by atoms with Crippen LogP contribution in [-0.4, -0.2) is 36.9 Å². The van der Waals surface area contributed by atoms with Crippen molar-refractivity contribution in [1.82, 2.24) is 25.1 Å². The quantitative estimate of drug-likeness (QED) is 0.385. The Balaban J connectivity index is 1.86.